The van der Waals surface area contributed by atoms with Crippen LogP contribution in [0.4, 0.5) is 0 Å². The minimum absolute atomic E-state index is 0.0614. The normalized spacial score (nSPS) is 23.0. The van der Waals surface area contributed by atoms with Crippen molar-refractivity contribution in [2.24, 2.45) is 0 Å². The van der Waals surface area contributed by atoms with Gasteiger partial charge in [0.2, 0.25) is 0 Å². The Kier molecular flexibility index (Phi) is 4.50. The molecule has 3 unspecified atom stereocenters. The fourth-order valence-corrected chi connectivity index (χ4v) is 5.26. The van der Waals surface area contributed by atoms with E-state index in [1.54, 1.807) is 0 Å². The van der Waals surface area contributed by atoms with Crippen LogP contribution in [0, 0.1) is 0 Å². The Labute approximate surface area is 157 Å². The van der Waals surface area contributed by atoms with Crippen molar-refractivity contribution >= 4 is 37.9 Å². The fraction of sp³-hybridized carbons (Fsp3) is 0.222. The maximum atomic E-state index is 6.05. The zero-order valence-corrected chi connectivity index (χ0v) is 16.1. The van der Waals surface area contributed by atoms with E-state index in [9.17, 15) is 0 Å². The predicted molar refractivity (Wildman–Crippen MR) is 98.0 cm³/mol. The van der Waals surface area contributed by atoms with E-state index in [-0.39, 0.29) is 32.7 Å². The molecule has 4 rings (SSSR count). The van der Waals surface area contributed by atoms with Crippen LogP contribution < -0.4 is 5.32 Å². The first kappa shape index (κ1) is 16.3. The van der Waals surface area contributed by atoms with Crippen LogP contribution in [0.25, 0.3) is 0 Å². The predicted octanol–water partition coefficient (Wildman–Crippen LogP) is 4.38. The second-order valence-corrected chi connectivity index (χ2v) is 8.51. The Morgan fingerprint density at radius 2 is 1.50 bits per heavy atom. The van der Waals surface area contributed by atoms with E-state index in [4.69, 9.17) is 23.2 Å². The molecule has 0 bridgehead atoms. The van der Waals surface area contributed by atoms with Crippen LogP contribution in [0.1, 0.15) is 46.2 Å². The molecule has 1 aliphatic heterocycles. The number of hydrogen-bond acceptors (Lipinski definition) is 3. The number of aromatic nitrogens is 2. The molecule has 1 aromatic heterocycles. The summed E-state index contributed by atoms with van der Waals surface area (Å²) >= 11 is 12.1. The average molecular weight is 423 g/mol. The Morgan fingerprint density at radius 1 is 0.917 bits per heavy atom. The van der Waals surface area contributed by atoms with E-state index in [0.717, 1.165) is 15.7 Å². The minimum atomic E-state index is 0.0614. The third-order valence-electron chi connectivity index (χ3n) is 4.51. The second-order valence-electron chi connectivity index (χ2n) is 5.99. The number of nitrogens with one attached hydrogen (secondary N) is 1. The number of fused-ring (bicyclic) bond motifs is 1. The van der Waals surface area contributed by atoms with Gasteiger partial charge in [-0.1, -0.05) is 0 Å². The van der Waals surface area contributed by atoms with E-state index in [0.29, 0.717) is 0 Å². The van der Waals surface area contributed by atoms with Crippen LogP contribution >= 0.6 is 23.2 Å². The molecule has 2 aromatic carbocycles. The molecule has 0 aliphatic carbocycles. The number of hydrogen-bond donors (Lipinski definition) is 1. The first-order chi connectivity index (χ1) is 11.6. The van der Waals surface area contributed by atoms with Gasteiger partial charge in [-0.3, -0.25) is 0 Å². The van der Waals surface area contributed by atoms with Crippen molar-refractivity contribution in [3.63, 3.8) is 0 Å². The third-order valence-corrected chi connectivity index (χ3v) is 6.70. The zero-order chi connectivity index (χ0) is 16.7. The monoisotopic (exact) mass is 423 g/mol. The number of halogens is 2. The summed E-state index contributed by atoms with van der Waals surface area (Å²) in [5.74, 6) is 0.276. The summed E-state index contributed by atoms with van der Waals surface area (Å²) in [4.78, 5) is 0. The standard InChI is InChI=1S/C18H15Cl2N3Se/c1-10-15(11-2-6-13(19)7-3-11)21-17(18-16(10)22-23-24-18)12-4-8-14(20)9-5-12/h2-10,15,17,21H,1H3. The van der Waals surface area contributed by atoms with Gasteiger partial charge in [0.15, 0.2) is 0 Å². The number of nitrogens with zero attached hydrogens (tertiary/aromatic N) is 2. The van der Waals surface area contributed by atoms with E-state index in [2.05, 4.69) is 45.7 Å². The van der Waals surface area contributed by atoms with E-state index < -0.39 is 0 Å². The molecule has 1 aliphatic rings. The van der Waals surface area contributed by atoms with Gasteiger partial charge < -0.3 is 0 Å². The quantitative estimate of drug-likeness (QED) is 0.622. The Balaban J connectivity index is 1.76. The van der Waals surface area contributed by atoms with Crippen molar-refractivity contribution in [2.45, 2.75) is 24.9 Å². The van der Waals surface area contributed by atoms with Gasteiger partial charge in [0.1, 0.15) is 0 Å². The van der Waals surface area contributed by atoms with Crippen LogP contribution in [0.3, 0.4) is 0 Å². The molecule has 3 nitrogen and oxygen atoms in total. The molecule has 3 atom stereocenters. The fourth-order valence-electron chi connectivity index (χ4n) is 3.24. The molecule has 24 heavy (non-hydrogen) atoms. The summed E-state index contributed by atoms with van der Waals surface area (Å²) < 4.78 is 5.66. The van der Waals surface area contributed by atoms with Crippen molar-refractivity contribution in [2.75, 3.05) is 0 Å². The van der Waals surface area contributed by atoms with Gasteiger partial charge in [-0.2, -0.15) is 0 Å². The Bertz CT molecular complexity index is 845. The molecule has 0 spiro atoms. The first-order valence-electron chi connectivity index (χ1n) is 7.72. The van der Waals surface area contributed by atoms with Gasteiger partial charge in [0.05, 0.1) is 0 Å². The van der Waals surface area contributed by atoms with Crippen LogP contribution in [-0.4, -0.2) is 23.9 Å². The van der Waals surface area contributed by atoms with Gasteiger partial charge in [0.25, 0.3) is 0 Å². The van der Waals surface area contributed by atoms with Crippen molar-refractivity contribution in [3.8, 4) is 0 Å². The zero-order valence-electron chi connectivity index (χ0n) is 12.9. The SMILES string of the molecule is CC1c2nn[se]c2C(c2ccc(Cl)cc2)NC1c1ccc(Cl)cc1. The van der Waals surface area contributed by atoms with Crippen molar-refractivity contribution in [1.82, 2.24) is 14.5 Å². The summed E-state index contributed by atoms with van der Waals surface area (Å²) in [7, 11) is 0. The van der Waals surface area contributed by atoms with Crippen molar-refractivity contribution < 1.29 is 0 Å². The topological polar surface area (TPSA) is 37.8 Å². The molecule has 6 heteroatoms. The van der Waals surface area contributed by atoms with Crippen LogP contribution in [-0.2, 0) is 0 Å². The molecule has 122 valence electrons. The molecule has 3 aromatic rings. The summed E-state index contributed by atoms with van der Waals surface area (Å²) in [6, 6.07) is 16.4. The van der Waals surface area contributed by atoms with Crippen LogP contribution in [0.5, 0.6) is 0 Å². The summed E-state index contributed by atoms with van der Waals surface area (Å²) in [5, 5.41) is 9.76. The van der Waals surface area contributed by atoms with Gasteiger partial charge in [0, 0.05) is 0 Å². The first-order valence-corrected chi connectivity index (χ1v) is 10.1. The van der Waals surface area contributed by atoms with Gasteiger partial charge in [-0.15, -0.1) is 0 Å². The van der Waals surface area contributed by atoms with Crippen molar-refractivity contribution in [1.29, 1.82) is 0 Å². The third kappa shape index (κ3) is 2.94. The van der Waals surface area contributed by atoms with Crippen LogP contribution in [0.2, 0.25) is 10.0 Å². The molecular formula is C18H15Cl2N3Se. The Hall–Kier alpha value is -1.16. The van der Waals surface area contributed by atoms with Crippen molar-refractivity contribution in [3.05, 3.63) is 79.8 Å². The summed E-state index contributed by atoms with van der Waals surface area (Å²) in [6.45, 7) is 2.21. The average Bonchev–Trinajstić information content (AvgIpc) is 3.08. The maximum absolute atomic E-state index is 6.05. The van der Waals surface area contributed by atoms with Gasteiger partial charge >= 0.3 is 157 Å². The van der Waals surface area contributed by atoms with E-state index in [1.807, 2.05) is 24.3 Å². The summed E-state index contributed by atoms with van der Waals surface area (Å²) in [5.41, 5.74) is 3.55. The van der Waals surface area contributed by atoms with E-state index >= 15 is 0 Å². The number of benzene rings is 2. The van der Waals surface area contributed by atoms with E-state index in [1.165, 1.54) is 15.6 Å². The molecular weight excluding hydrogens is 408 g/mol. The van der Waals surface area contributed by atoms with Crippen LogP contribution in [0.15, 0.2) is 48.5 Å². The molecule has 0 saturated heterocycles. The molecule has 0 amide bonds. The molecule has 0 radical (unpaired) electrons. The molecule has 2 heterocycles. The van der Waals surface area contributed by atoms with Gasteiger partial charge in [-0.25, -0.2) is 0 Å². The van der Waals surface area contributed by atoms with Gasteiger partial charge in [-0.05, 0) is 0 Å². The molecule has 1 N–H and O–H groups in total. The second kappa shape index (κ2) is 6.62. The number of rotatable bonds is 2. The molecule has 0 saturated carbocycles. The Morgan fingerprint density at radius 3 is 2.12 bits per heavy atom. The molecule has 0 fully saturated rings. The summed E-state index contributed by atoms with van der Waals surface area (Å²) in [6.07, 6.45) is 0.